The third-order valence-electron chi connectivity index (χ3n) is 0.999. The van der Waals surface area contributed by atoms with E-state index in [1.54, 1.807) is 6.20 Å². The molecule has 0 amide bonds. The van der Waals surface area contributed by atoms with E-state index in [2.05, 4.69) is 25.4 Å². The molecule has 0 aliphatic heterocycles. The Morgan fingerprint density at radius 1 is 1.30 bits per heavy atom. The van der Waals surface area contributed by atoms with Crippen molar-refractivity contribution < 1.29 is 21.1 Å². The minimum atomic E-state index is 0. The Hall–Kier alpha value is -0.832. The normalized spacial score (nSPS) is 9.20. The zero-order valence-electron chi connectivity index (χ0n) is 4.76. The fourth-order valence-corrected chi connectivity index (χ4v) is 0.607. The first-order chi connectivity index (χ1) is 4.47. The van der Waals surface area contributed by atoms with Gasteiger partial charge < -0.3 is 0 Å². The molecule has 0 radical (unpaired) electrons. The van der Waals surface area contributed by atoms with Gasteiger partial charge in [-0.05, 0) is 0 Å². The van der Waals surface area contributed by atoms with Crippen LogP contribution in [0.15, 0.2) is 12.5 Å². The van der Waals surface area contributed by atoms with E-state index in [1.807, 2.05) is 0 Å². The summed E-state index contributed by atoms with van der Waals surface area (Å²) in [5, 5.41) is 9.92. The molecule has 0 atom stereocenters. The zero-order chi connectivity index (χ0) is 6.10. The van der Waals surface area contributed by atoms with Crippen LogP contribution < -0.4 is 0 Å². The van der Waals surface area contributed by atoms with Gasteiger partial charge in [-0.1, -0.05) is 0 Å². The standard InChI is InChI=1S/C4H3N5.Pt/c1-3-4(6-2-5-1)8-9-7-3;/h1-2H,(H,5,6,7,8,9);. The SMILES string of the molecule is [Pt].c1ncc2n[nH]nc2n1. The third kappa shape index (κ3) is 1.04. The van der Waals surface area contributed by atoms with Crippen LogP contribution in [0.25, 0.3) is 11.2 Å². The van der Waals surface area contributed by atoms with Crippen molar-refractivity contribution in [2.24, 2.45) is 0 Å². The van der Waals surface area contributed by atoms with E-state index in [0.717, 1.165) is 0 Å². The second-order valence-corrected chi connectivity index (χ2v) is 1.56. The van der Waals surface area contributed by atoms with Crippen molar-refractivity contribution in [3.8, 4) is 0 Å². The predicted molar refractivity (Wildman–Crippen MR) is 29.5 cm³/mol. The summed E-state index contributed by atoms with van der Waals surface area (Å²) in [4.78, 5) is 7.58. The molecule has 54 valence electrons. The summed E-state index contributed by atoms with van der Waals surface area (Å²) in [5.41, 5.74) is 1.29. The van der Waals surface area contributed by atoms with Crippen molar-refractivity contribution >= 4 is 11.2 Å². The molecule has 2 rings (SSSR count). The zero-order valence-corrected chi connectivity index (χ0v) is 7.03. The summed E-state index contributed by atoms with van der Waals surface area (Å²) in [6.45, 7) is 0. The van der Waals surface area contributed by atoms with Gasteiger partial charge in [-0.2, -0.15) is 10.3 Å². The largest absolute Gasteiger partial charge is 0.242 e. The van der Waals surface area contributed by atoms with Crippen LogP contribution in [0.2, 0.25) is 0 Å². The molecule has 2 aromatic rings. The van der Waals surface area contributed by atoms with Crippen molar-refractivity contribution in [3.63, 3.8) is 0 Å². The molecule has 0 unspecified atom stereocenters. The van der Waals surface area contributed by atoms with Crippen LogP contribution in [0, 0.1) is 0 Å². The Balaban J connectivity index is 0.000000500. The van der Waals surface area contributed by atoms with Crippen LogP contribution in [0.1, 0.15) is 0 Å². The molecule has 0 spiro atoms. The van der Waals surface area contributed by atoms with Crippen LogP contribution in [0.4, 0.5) is 0 Å². The van der Waals surface area contributed by atoms with E-state index < -0.39 is 0 Å². The number of fused-ring (bicyclic) bond motifs is 1. The number of rotatable bonds is 0. The molecule has 0 saturated heterocycles. The first-order valence-electron chi connectivity index (χ1n) is 2.43. The van der Waals surface area contributed by atoms with Crippen molar-refractivity contribution in [1.29, 1.82) is 0 Å². The van der Waals surface area contributed by atoms with Crippen molar-refractivity contribution in [2.45, 2.75) is 0 Å². The smallest absolute Gasteiger partial charge is 0.204 e. The number of hydrogen-bond acceptors (Lipinski definition) is 4. The van der Waals surface area contributed by atoms with E-state index >= 15 is 0 Å². The van der Waals surface area contributed by atoms with E-state index in [1.165, 1.54) is 6.33 Å². The summed E-state index contributed by atoms with van der Waals surface area (Å²) < 4.78 is 0. The maximum Gasteiger partial charge on any atom is 0.204 e. The molecule has 2 heterocycles. The molecule has 0 aliphatic carbocycles. The Bertz CT molecular complexity index is 288. The second kappa shape index (κ2) is 2.83. The van der Waals surface area contributed by atoms with Crippen molar-refractivity contribution in [3.05, 3.63) is 12.5 Å². The molecule has 0 saturated carbocycles. The fourth-order valence-electron chi connectivity index (χ4n) is 0.607. The van der Waals surface area contributed by atoms with Gasteiger partial charge in [-0.15, -0.1) is 5.10 Å². The predicted octanol–water partition coefficient (Wildman–Crippen LogP) is -0.255. The topological polar surface area (TPSA) is 67.3 Å². The van der Waals surface area contributed by atoms with Gasteiger partial charge in [0.15, 0.2) is 0 Å². The molecule has 0 aliphatic rings. The Morgan fingerprint density at radius 3 is 3.00 bits per heavy atom. The van der Waals surface area contributed by atoms with Gasteiger partial charge in [-0.3, -0.25) is 0 Å². The maximum absolute atomic E-state index is 3.83. The van der Waals surface area contributed by atoms with Gasteiger partial charge in [0, 0.05) is 21.1 Å². The molecule has 1 N–H and O–H groups in total. The minimum Gasteiger partial charge on any atom is -0.242 e. The average Bonchev–Trinajstić information content (AvgIpc) is 2.33. The average molecular weight is 316 g/mol. The van der Waals surface area contributed by atoms with Gasteiger partial charge in [0.05, 0.1) is 6.20 Å². The van der Waals surface area contributed by atoms with E-state index in [9.17, 15) is 0 Å². The number of aromatic nitrogens is 5. The van der Waals surface area contributed by atoms with Crippen LogP contribution in [-0.2, 0) is 21.1 Å². The number of H-pyrrole nitrogens is 1. The Labute approximate surface area is 70.5 Å². The number of hydrogen-bond donors (Lipinski definition) is 1. The summed E-state index contributed by atoms with van der Waals surface area (Å²) in [6.07, 6.45) is 3.04. The van der Waals surface area contributed by atoms with E-state index in [-0.39, 0.29) is 21.1 Å². The van der Waals surface area contributed by atoms with Crippen LogP contribution >= 0.6 is 0 Å². The van der Waals surface area contributed by atoms with Crippen molar-refractivity contribution in [1.82, 2.24) is 25.4 Å². The number of nitrogens with zero attached hydrogens (tertiary/aromatic N) is 4. The molecular weight excluding hydrogens is 313 g/mol. The van der Waals surface area contributed by atoms with Gasteiger partial charge >= 0.3 is 0 Å². The molecule has 0 fully saturated rings. The van der Waals surface area contributed by atoms with Crippen molar-refractivity contribution in [2.75, 3.05) is 0 Å². The molecule has 2 aromatic heterocycles. The van der Waals surface area contributed by atoms with Gasteiger partial charge in [-0.25, -0.2) is 9.97 Å². The molecule has 0 bridgehead atoms. The summed E-state index contributed by atoms with van der Waals surface area (Å²) in [7, 11) is 0. The number of aromatic amines is 1. The maximum atomic E-state index is 3.83. The van der Waals surface area contributed by atoms with E-state index in [4.69, 9.17) is 0 Å². The molecular formula is C4H3N5Pt. The fraction of sp³-hybridized carbons (Fsp3) is 0. The molecule has 10 heavy (non-hydrogen) atoms. The summed E-state index contributed by atoms with van der Waals surface area (Å²) in [5.74, 6) is 0. The minimum absolute atomic E-state index is 0. The monoisotopic (exact) mass is 316 g/mol. The van der Waals surface area contributed by atoms with Gasteiger partial charge in [0.25, 0.3) is 0 Å². The Morgan fingerprint density at radius 2 is 2.20 bits per heavy atom. The molecule has 6 heteroatoms. The van der Waals surface area contributed by atoms with Crippen LogP contribution in [-0.4, -0.2) is 25.4 Å². The van der Waals surface area contributed by atoms with Crippen LogP contribution in [0.3, 0.4) is 0 Å². The first-order valence-corrected chi connectivity index (χ1v) is 2.43. The van der Waals surface area contributed by atoms with Crippen LogP contribution in [0.5, 0.6) is 0 Å². The summed E-state index contributed by atoms with van der Waals surface area (Å²) >= 11 is 0. The van der Waals surface area contributed by atoms with Gasteiger partial charge in [0.2, 0.25) is 5.65 Å². The Kier molecular flexibility index (Phi) is 2.06. The molecule has 5 nitrogen and oxygen atoms in total. The molecule has 0 aromatic carbocycles. The summed E-state index contributed by atoms with van der Waals surface area (Å²) in [6, 6.07) is 0. The quantitative estimate of drug-likeness (QED) is 0.728. The van der Waals surface area contributed by atoms with E-state index in [0.29, 0.717) is 11.2 Å². The third-order valence-corrected chi connectivity index (χ3v) is 0.999. The number of nitrogens with one attached hydrogen (secondary N) is 1. The first kappa shape index (κ1) is 7.28. The second-order valence-electron chi connectivity index (χ2n) is 1.56. The van der Waals surface area contributed by atoms with Gasteiger partial charge in [0.1, 0.15) is 11.8 Å².